The highest BCUT2D eigenvalue weighted by molar-refractivity contribution is 5.68. The molecule has 0 aromatic carbocycles. The molecule has 2 aliphatic rings. The van der Waals surface area contributed by atoms with Crippen LogP contribution in [0.2, 0.25) is 0 Å². The number of hydrogen-bond donors (Lipinski definition) is 1. The van der Waals surface area contributed by atoms with Gasteiger partial charge in [0.2, 0.25) is 0 Å². The minimum absolute atomic E-state index is 0.102. The Morgan fingerprint density at radius 2 is 2.05 bits per heavy atom. The van der Waals surface area contributed by atoms with Crippen molar-refractivity contribution < 1.29 is 14.3 Å². The first-order valence-corrected chi connectivity index (χ1v) is 6.77. The molecule has 110 valence electrons. The van der Waals surface area contributed by atoms with Crippen molar-refractivity contribution in [1.29, 1.82) is 0 Å². The number of morpholine rings is 1. The van der Waals surface area contributed by atoms with Crippen molar-refractivity contribution in [3.8, 4) is 0 Å². The molecule has 0 aliphatic carbocycles. The zero-order valence-corrected chi connectivity index (χ0v) is 12.3. The molecular formula is C13H25N3O3. The van der Waals surface area contributed by atoms with E-state index in [0.29, 0.717) is 19.6 Å². The highest BCUT2D eigenvalue weighted by Gasteiger charge is 2.49. The molecule has 1 atom stereocenters. The number of ether oxygens (including phenoxy) is 2. The van der Waals surface area contributed by atoms with Gasteiger partial charge in [0.05, 0.1) is 19.2 Å². The van der Waals surface area contributed by atoms with Gasteiger partial charge in [-0.1, -0.05) is 0 Å². The highest BCUT2D eigenvalue weighted by atomic mass is 16.6. The van der Waals surface area contributed by atoms with Crippen LogP contribution < -0.4 is 5.73 Å². The number of likely N-dealkylation sites (tertiary alicyclic amines) is 1. The minimum Gasteiger partial charge on any atom is -0.444 e. The molecule has 19 heavy (non-hydrogen) atoms. The fourth-order valence-electron chi connectivity index (χ4n) is 2.79. The van der Waals surface area contributed by atoms with E-state index < -0.39 is 5.60 Å². The molecule has 2 aliphatic heterocycles. The van der Waals surface area contributed by atoms with Crippen LogP contribution >= 0.6 is 0 Å². The number of hydrogen-bond acceptors (Lipinski definition) is 5. The van der Waals surface area contributed by atoms with Crippen molar-refractivity contribution in [3.63, 3.8) is 0 Å². The van der Waals surface area contributed by atoms with Crippen molar-refractivity contribution in [2.75, 3.05) is 39.8 Å². The van der Waals surface area contributed by atoms with Crippen LogP contribution in [-0.4, -0.2) is 73.0 Å². The monoisotopic (exact) mass is 271 g/mol. The summed E-state index contributed by atoms with van der Waals surface area (Å²) in [5, 5.41) is 0. The Morgan fingerprint density at radius 1 is 1.42 bits per heavy atom. The predicted molar refractivity (Wildman–Crippen MR) is 72.0 cm³/mol. The third-order valence-corrected chi connectivity index (χ3v) is 3.35. The van der Waals surface area contributed by atoms with Crippen LogP contribution in [0.15, 0.2) is 0 Å². The van der Waals surface area contributed by atoms with Crippen molar-refractivity contribution in [1.82, 2.24) is 9.80 Å². The first-order valence-electron chi connectivity index (χ1n) is 6.77. The second kappa shape index (κ2) is 4.92. The Kier molecular flexibility index (Phi) is 3.77. The van der Waals surface area contributed by atoms with Crippen LogP contribution in [-0.2, 0) is 9.47 Å². The Bertz CT molecular complexity index is 348. The third kappa shape index (κ3) is 3.38. The summed E-state index contributed by atoms with van der Waals surface area (Å²) in [5.41, 5.74) is 4.98. The fourth-order valence-corrected chi connectivity index (χ4v) is 2.79. The molecule has 2 N–H and O–H groups in total. The van der Waals surface area contributed by atoms with Gasteiger partial charge >= 0.3 is 6.09 Å². The van der Waals surface area contributed by atoms with E-state index >= 15 is 0 Å². The highest BCUT2D eigenvalue weighted by Crippen LogP contribution is 2.30. The van der Waals surface area contributed by atoms with E-state index in [4.69, 9.17) is 15.2 Å². The van der Waals surface area contributed by atoms with Gasteiger partial charge in [0.25, 0.3) is 0 Å². The zero-order valence-electron chi connectivity index (χ0n) is 12.3. The van der Waals surface area contributed by atoms with Gasteiger partial charge in [0.15, 0.2) is 0 Å². The van der Waals surface area contributed by atoms with E-state index in [1.807, 2.05) is 27.8 Å². The second-order valence-electron chi connectivity index (χ2n) is 6.69. The SMILES string of the molecule is CN1CC2(C1)CN(C(=O)OC(C)(C)C)CC(CN)O2. The van der Waals surface area contributed by atoms with E-state index in [1.165, 1.54) is 0 Å². The van der Waals surface area contributed by atoms with E-state index in [0.717, 1.165) is 13.1 Å². The van der Waals surface area contributed by atoms with Gasteiger partial charge in [-0.3, -0.25) is 0 Å². The molecule has 2 saturated heterocycles. The second-order valence-corrected chi connectivity index (χ2v) is 6.69. The first-order chi connectivity index (χ1) is 8.73. The van der Waals surface area contributed by atoms with Crippen molar-refractivity contribution in [3.05, 3.63) is 0 Å². The summed E-state index contributed by atoms with van der Waals surface area (Å²) in [7, 11) is 2.04. The quantitative estimate of drug-likeness (QED) is 0.741. The summed E-state index contributed by atoms with van der Waals surface area (Å²) < 4.78 is 11.5. The molecule has 1 spiro atoms. The van der Waals surface area contributed by atoms with Gasteiger partial charge in [-0.15, -0.1) is 0 Å². The topological polar surface area (TPSA) is 68.0 Å². The van der Waals surface area contributed by atoms with Gasteiger partial charge in [-0.05, 0) is 27.8 Å². The van der Waals surface area contributed by atoms with Crippen LogP contribution in [0.4, 0.5) is 4.79 Å². The Morgan fingerprint density at radius 3 is 2.53 bits per heavy atom. The van der Waals surface area contributed by atoms with E-state index in [-0.39, 0.29) is 17.8 Å². The standard InChI is InChI=1S/C13H25N3O3/c1-12(2,3)19-11(17)16-6-10(5-14)18-13(9-16)7-15(4)8-13/h10H,5-9,14H2,1-4H3. The lowest BCUT2D eigenvalue weighted by Gasteiger charge is -2.54. The average Bonchev–Trinajstić information content (AvgIpc) is 2.24. The number of nitrogens with zero attached hydrogens (tertiary/aromatic N) is 2. The lowest BCUT2D eigenvalue weighted by Crippen LogP contribution is -2.72. The van der Waals surface area contributed by atoms with Crippen molar-refractivity contribution in [2.45, 2.75) is 38.1 Å². The van der Waals surface area contributed by atoms with Crippen LogP contribution in [0, 0.1) is 0 Å². The summed E-state index contributed by atoms with van der Waals surface area (Å²) in [5.74, 6) is 0. The van der Waals surface area contributed by atoms with Gasteiger partial charge in [0, 0.05) is 19.6 Å². The average molecular weight is 271 g/mol. The minimum atomic E-state index is -0.475. The lowest BCUT2D eigenvalue weighted by molar-refractivity contribution is -0.204. The maximum Gasteiger partial charge on any atom is 0.410 e. The van der Waals surface area contributed by atoms with Gasteiger partial charge in [-0.2, -0.15) is 0 Å². The predicted octanol–water partition coefficient (Wildman–Crippen LogP) is 0.265. The molecule has 0 radical (unpaired) electrons. The van der Waals surface area contributed by atoms with Crippen LogP contribution in [0.25, 0.3) is 0 Å². The number of amides is 1. The van der Waals surface area contributed by atoms with Crippen LogP contribution in [0.5, 0.6) is 0 Å². The van der Waals surface area contributed by atoms with E-state index in [2.05, 4.69) is 4.90 Å². The fraction of sp³-hybridized carbons (Fsp3) is 0.923. The Balaban J connectivity index is 2.02. The Labute approximate surface area is 114 Å². The molecule has 2 fully saturated rings. The summed E-state index contributed by atoms with van der Waals surface area (Å²) in [4.78, 5) is 16.1. The molecule has 0 saturated carbocycles. The lowest BCUT2D eigenvalue weighted by atomic mass is 9.91. The van der Waals surface area contributed by atoms with Gasteiger partial charge in [-0.25, -0.2) is 4.79 Å². The molecule has 0 aromatic rings. The summed E-state index contributed by atoms with van der Waals surface area (Å²) in [6, 6.07) is 0. The van der Waals surface area contributed by atoms with Crippen LogP contribution in [0.1, 0.15) is 20.8 Å². The summed E-state index contributed by atoms with van der Waals surface area (Å²) in [6.07, 6.45) is -0.377. The van der Waals surface area contributed by atoms with E-state index in [1.54, 1.807) is 4.90 Å². The normalized spacial score (nSPS) is 27.2. The number of nitrogens with two attached hydrogens (primary N) is 1. The number of rotatable bonds is 1. The van der Waals surface area contributed by atoms with E-state index in [9.17, 15) is 4.79 Å². The molecule has 6 heteroatoms. The molecule has 2 heterocycles. The molecular weight excluding hydrogens is 246 g/mol. The number of carbonyl (C=O) groups excluding carboxylic acids is 1. The molecule has 1 unspecified atom stereocenters. The number of likely N-dealkylation sites (N-methyl/N-ethyl adjacent to an activating group) is 1. The molecule has 6 nitrogen and oxygen atoms in total. The maximum atomic E-state index is 12.2. The summed E-state index contributed by atoms with van der Waals surface area (Å²) >= 11 is 0. The van der Waals surface area contributed by atoms with Crippen molar-refractivity contribution in [2.24, 2.45) is 5.73 Å². The third-order valence-electron chi connectivity index (χ3n) is 3.35. The van der Waals surface area contributed by atoms with Gasteiger partial charge < -0.3 is 25.0 Å². The first kappa shape index (κ1) is 14.6. The number of carbonyl (C=O) groups is 1. The Hall–Kier alpha value is -0.850. The molecule has 0 aromatic heterocycles. The largest absolute Gasteiger partial charge is 0.444 e. The van der Waals surface area contributed by atoms with Gasteiger partial charge in [0.1, 0.15) is 11.2 Å². The molecule has 1 amide bonds. The summed E-state index contributed by atoms with van der Waals surface area (Å²) in [6.45, 7) is 8.81. The molecule has 2 rings (SSSR count). The van der Waals surface area contributed by atoms with Crippen LogP contribution in [0.3, 0.4) is 0 Å². The zero-order chi connectivity index (χ0) is 14.3. The van der Waals surface area contributed by atoms with Crippen molar-refractivity contribution >= 4 is 6.09 Å². The molecule has 0 bridgehead atoms. The maximum absolute atomic E-state index is 12.2. The smallest absolute Gasteiger partial charge is 0.410 e.